The van der Waals surface area contributed by atoms with Crippen LogP contribution >= 0.6 is 0 Å². The molecule has 0 bridgehead atoms. The van der Waals surface area contributed by atoms with E-state index in [1.54, 1.807) is 0 Å². The van der Waals surface area contributed by atoms with Crippen LogP contribution in [0.25, 0.3) is 0 Å². The van der Waals surface area contributed by atoms with Gasteiger partial charge in [-0.1, -0.05) is 89.5 Å². The number of hydrogen-bond acceptors (Lipinski definition) is 3. The predicted molar refractivity (Wildman–Crippen MR) is 145 cm³/mol. The molecule has 3 nitrogen and oxygen atoms in total. The van der Waals surface area contributed by atoms with E-state index in [-0.39, 0.29) is 6.10 Å². The minimum Gasteiger partial charge on any atom is -0.379 e. The van der Waals surface area contributed by atoms with Gasteiger partial charge in [0, 0.05) is 19.8 Å². The Hall–Kier alpha value is -0.640. The Labute approximate surface area is 207 Å². The highest BCUT2D eigenvalue weighted by molar-refractivity contribution is 4.92. The fourth-order valence-corrected chi connectivity index (χ4v) is 4.38. The second kappa shape index (κ2) is 24.5. The number of piperidine rings is 1. The zero-order valence-electron chi connectivity index (χ0n) is 22.4. The molecule has 0 aromatic heterocycles. The summed E-state index contributed by atoms with van der Waals surface area (Å²) in [6.07, 6.45) is 31.6. The van der Waals surface area contributed by atoms with E-state index >= 15 is 0 Å². The normalized spacial score (nSPS) is 16.3. The summed E-state index contributed by atoms with van der Waals surface area (Å²) in [5.41, 5.74) is 0. The lowest BCUT2D eigenvalue weighted by Crippen LogP contribution is -2.39. The van der Waals surface area contributed by atoms with Crippen molar-refractivity contribution in [3.8, 4) is 0 Å². The quantitative estimate of drug-likeness (QED) is 0.112. The van der Waals surface area contributed by atoms with Gasteiger partial charge in [0.25, 0.3) is 0 Å². The summed E-state index contributed by atoms with van der Waals surface area (Å²) in [6, 6.07) is 0. The van der Waals surface area contributed by atoms with Gasteiger partial charge in [0.15, 0.2) is 0 Å². The van der Waals surface area contributed by atoms with Crippen LogP contribution in [-0.4, -0.2) is 50.5 Å². The Balaban J connectivity index is 1.92. The molecule has 33 heavy (non-hydrogen) atoms. The van der Waals surface area contributed by atoms with Gasteiger partial charge in [-0.15, -0.1) is 0 Å². The van der Waals surface area contributed by atoms with Crippen LogP contribution in [0.15, 0.2) is 24.3 Å². The highest BCUT2D eigenvalue weighted by atomic mass is 16.5. The molecule has 0 radical (unpaired) electrons. The molecule has 1 aliphatic heterocycles. The number of unbranched alkanes of at least 4 members (excludes halogenated alkanes) is 10. The second-order valence-electron chi connectivity index (χ2n) is 9.87. The Morgan fingerprint density at radius 2 is 1.30 bits per heavy atom. The van der Waals surface area contributed by atoms with Crippen LogP contribution in [0.5, 0.6) is 0 Å². The molecular formula is C30H57NO2. The summed E-state index contributed by atoms with van der Waals surface area (Å²) in [7, 11) is 0. The van der Waals surface area contributed by atoms with E-state index in [1.807, 2.05) is 0 Å². The third kappa shape index (κ3) is 20.4. The number of ether oxygens (including phenoxy) is 2. The summed E-state index contributed by atoms with van der Waals surface area (Å²) in [5.74, 6) is 0. The fraction of sp³-hybridized carbons (Fsp3) is 0.867. The summed E-state index contributed by atoms with van der Waals surface area (Å²) in [6.45, 7) is 10.5. The topological polar surface area (TPSA) is 21.7 Å². The molecule has 1 fully saturated rings. The van der Waals surface area contributed by atoms with Crippen molar-refractivity contribution in [1.29, 1.82) is 0 Å². The molecule has 0 aromatic rings. The molecule has 1 rings (SSSR count). The van der Waals surface area contributed by atoms with Gasteiger partial charge in [0.2, 0.25) is 0 Å². The van der Waals surface area contributed by atoms with Gasteiger partial charge >= 0.3 is 0 Å². The van der Waals surface area contributed by atoms with Gasteiger partial charge in [0.1, 0.15) is 0 Å². The molecule has 3 heteroatoms. The zero-order chi connectivity index (χ0) is 23.7. The van der Waals surface area contributed by atoms with Gasteiger partial charge in [-0.05, 0) is 70.9 Å². The van der Waals surface area contributed by atoms with Crippen LogP contribution in [0.1, 0.15) is 123 Å². The number of likely N-dealkylation sites (tertiary alicyclic amines) is 1. The third-order valence-electron chi connectivity index (χ3n) is 6.56. The van der Waals surface area contributed by atoms with Crippen molar-refractivity contribution in [2.24, 2.45) is 0 Å². The first-order valence-electron chi connectivity index (χ1n) is 14.6. The van der Waals surface area contributed by atoms with Crippen molar-refractivity contribution in [3.05, 3.63) is 24.3 Å². The lowest BCUT2D eigenvalue weighted by atomic mass is 10.1. The smallest absolute Gasteiger partial charge is 0.0934 e. The third-order valence-corrected chi connectivity index (χ3v) is 6.56. The molecule has 1 saturated heterocycles. The van der Waals surface area contributed by atoms with Crippen LogP contribution in [0.2, 0.25) is 0 Å². The zero-order valence-corrected chi connectivity index (χ0v) is 22.4. The molecule has 0 N–H and O–H groups in total. The van der Waals surface area contributed by atoms with Crippen LogP contribution in [-0.2, 0) is 9.47 Å². The first-order valence-corrected chi connectivity index (χ1v) is 14.6. The van der Waals surface area contributed by atoms with Crippen molar-refractivity contribution in [2.75, 3.05) is 39.5 Å². The first kappa shape index (κ1) is 30.4. The van der Waals surface area contributed by atoms with Crippen molar-refractivity contribution in [3.63, 3.8) is 0 Å². The van der Waals surface area contributed by atoms with Gasteiger partial charge in [-0.2, -0.15) is 0 Å². The molecule has 1 atom stereocenters. The Bertz CT molecular complexity index is 443. The van der Waals surface area contributed by atoms with Crippen molar-refractivity contribution in [2.45, 2.75) is 129 Å². The van der Waals surface area contributed by atoms with Crippen LogP contribution in [0.3, 0.4) is 0 Å². The minimum atomic E-state index is 0.249. The van der Waals surface area contributed by atoms with E-state index < -0.39 is 0 Å². The average Bonchev–Trinajstić information content (AvgIpc) is 2.84. The summed E-state index contributed by atoms with van der Waals surface area (Å²) < 4.78 is 12.2. The fourth-order valence-electron chi connectivity index (χ4n) is 4.38. The highest BCUT2D eigenvalue weighted by Crippen LogP contribution is 2.12. The van der Waals surface area contributed by atoms with Crippen molar-refractivity contribution >= 4 is 0 Å². The maximum atomic E-state index is 6.14. The molecule has 0 spiro atoms. The Morgan fingerprint density at radius 1 is 0.667 bits per heavy atom. The van der Waals surface area contributed by atoms with Crippen LogP contribution < -0.4 is 0 Å². The van der Waals surface area contributed by atoms with E-state index in [9.17, 15) is 0 Å². The number of hydrogen-bond donors (Lipinski definition) is 0. The molecule has 1 heterocycles. The number of nitrogens with zero attached hydrogens (tertiary/aromatic N) is 1. The van der Waals surface area contributed by atoms with Gasteiger partial charge < -0.3 is 14.4 Å². The summed E-state index contributed by atoms with van der Waals surface area (Å²) in [4.78, 5) is 2.57. The van der Waals surface area contributed by atoms with Crippen molar-refractivity contribution < 1.29 is 9.47 Å². The molecule has 0 aliphatic carbocycles. The standard InChI is InChI=1S/C30H57NO2/c1-3-5-7-8-9-10-11-12-13-14-15-16-17-18-19-23-26-32-29-30(33-27-6-4-2)28-31-24-21-20-22-25-31/h9-10,12-13,30H,3-8,11,14-29H2,1-2H3. The van der Waals surface area contributed by atoms with E-state index in [0.29, 0.717) is 0 Å². The molecule has 0 aromatic carbocycles. The van der Waals surface area contributed by atoms with Gasteiger partial charge in [-0.25, -0.2) is 0 Å². The predicted octanol–water partition coefficient (Wildman–Crippen LogP) is 8.49. The largest absolute Gasteiger partial charge is 0.379 e. The van der Waals surface area contributed by atoms with Crippen LogP contribution in [0, 0.1) is 0 Å². The maximum absolute atomic E-state index is 6.14. The monoisotopic (exact) mass is 463 g/mol. The van der Waals surface area contributed by atoms with Crippen LogP contribution in [0.4, 0.5) is 0 Å². The van der Waals surface area contributed by atoms with E-state index in [0.717, 1.165) is 39.2 Å². The first-order chi connectivity index (χ1) is 16.4. The summed E-state index contributed by atoms with van der Waals surface area (Å²) >= 11 is 0. The molecule has 194 valence electrons. The highest BCUT2D eigenvalue weighted by Gasteiger charge is 2.17. The average molecular weight is 464 g/mol. The van der Waals surface area contributed by atoms with E-state index in [2.05, 4.69) is 43.1 Å². The molecule has 1 aliphatic rings. The van der Waals surface area contributed by atoms with Crippen molar-refractivity contribution in [1.82, 2.24) is 4.90 Å². The maximum Gasteiger partial charge on any atom is 0.0934 e. The Morgan fingerprint density at radius 3 is 2.00 bits per heavy atom. The molecule has 0 amide bonds. The summed E-state index contributed by atoms with van der Waals surface area (Å²) in [5, 5.41) is 0. The lowest BCUT2D eigenvalue weighted by molar-refractivity contribution is -0.0360. The lowest BCUT2D eigenvalue weighted by Gasteiger charge is -2.30. The Kier molecular flexibility index (Phi) is 22.5. The number of allylic oxidation sites excluding steroid dienone is 4. The molecular weight excluding hydrogens is 406 g/mol. The number of rotatable bonds is 23. The van der Waals surface area contributed by atoms with Gasteiger partial charge in [-0.3, -0.25) is 0 Å². The van der Waals surface area contributed by atoms with Gasteiger partial charge in [0.05, 0.1) is 12.7 Å². The van der Waals surface area contributed by atoms with E-state index in [1.165, 1.54) is 109 Å². The minimum absolute atomic E-state index is 0.249. The molecule has 0 saturated carbocycles. The second-order valence-corrected chi connectivity index (χ2v) is 9.87. The van der Waals surface area contributed by atoms with E-state index in [4.69, 9.17) is 9.47 Å². The molecule has 1 unspecified atom stereocenters. The SMILES string of the molecule is CCCCCC=CCC=CCCCCCCCCOCC(CN1CCCCC1)OCCCC.